The summed E-state index contributed by atoms with van der Waals surface area (Å²) in [6, 6.07) is 18.8. The third-order valence-electron chi connectivity index (χ3n) is 8.10. The molecule has 3 unspecified atom stereocenters. The summed E-state index contributed by atoms with van der Waals surface area (Å²) in [6.07, 6.45) is 1.04. The summed E-state index contributed by atoms with van der Waals surface area (Å²) in [4.78, 5) is 11.4. The first-order valence-electron chi connectivity index (χ1n) is 9.32. The molecule has 2 aromatic carbocycles. The number of carbonyl (C=O) groups excluding carboxylic acids is 1. The lowest BCUT2D eigenvalue weighted by molar-refractivity contribution is -0.833. The van der Waals surface area contributed by atoms with Crippen molar-refractivity contribution in [3.05, 3.63) is 70.8 Å². The van der Waals surface area contributed by atoms with E-state index < -0.39 is 0 Å². The van der Waals surface area contributed by atoms with Crippen molar-refractivity contribution in [1.29, 1.82) is 0 Å². The van der Waals surface area contributed by atoms with Crippen LogP contribution in [0.4, 0.5) is 0 Å². The number of benzene rings is 2. The molecule has 0 bridgehead atoms. The molecule has 0 saturated carbocycles. The molecule has 1 spiro atoms. The fraction of sp³-hybridized carbons (Fsp3) is 0.409. The molecule has 2 fully saturated rings. The van der Waals surface area contributed by atoms with Crippen LogP contribution in [-0.2, 0) is 21.4 Å². The van der Waals surface area contributed by atoms with Gasteiger partial charge in [-0.3, -0.25) is 9.28 Å². The number of quaternary nitrogens is 1. The van der Waals surface area contributed by atoms with Crippen LogP contribution in [0.3, 0.4) is 0 Å². The molecule has 0 aromatic heterocycles. The largest absolute Gasteiger partial charge is 0.356 e. The number of nitrogens with one attached hydrogen (secondary N) is 1. The van der Waals surface area contributed by atoms with Crippen LogP contribution in [0, 0.1) is 0 Å². The summed E-state index contributed by atoms with van der Waals surface area (Å²) in [5.74, 6) is 0.0715. The normalized spacial score (nSPS) is 42.9. The van der Waals surface area contributed by atoms with Crippen molar-refractivity contribution in [1.82, 2.24) is 5.32 Å². The molecule has 4 aliphatic heterocycles. The van der Waals surface area contributed by atoms with Crippen molar-refractivity contribution in [2.45, 2.75) is 49.9 Å². The van der Waals surface area contributed by atoms with Crippen LogP contribution in [-0.4, -0.2) is 23.0 Å². The molecule has 4 aliphatic rings. The first-order chi connectivity index (χ1) is 12.0. The second-order valence-electron chi connectivity index (χ2n) is 8.59. The van der Waals surface area contributed by atoms with Crippen molar-refractivity contribution in [2.75, 3.05) is 6.54 Å². The fourth-order valence-electron chi connectivity index (χ4n) is 7.66. The van der Waals surface area contributed by atoms with Crippen LogP contribution < -0.4 is 5.32 Å². The van der Waals surface area contributed by atoms with Gasteiger partial charge in [0, 0.05) is 49.1 Å². The minimum atomic E-state index is 0.0584. The molecule has 126 valence electrons. The lowest BCUT2D eigenvalue weighted by Crippen LogP contribution is -2.45. The van der Waals surface area contributed by atoms with Crippen LogP contribution in [0.1, 0.15) is 49.4 Å². The van der Waals surface area contributed by atoms with E-state index in [2.05, 4.69) is 67.7 Å². The van der Waals surface area contributed by atoms with Gasteiger partial charge in [0.1, 0.15) is 0 Å². The number of rotatable bonds is 3. The Morgan fingerprint density at radius 2 is 1.56 bits per heavy atom. The SMILES string of the molecule is CC(=O)NCC[C@@]12c3ccccc3C3(C)c4ccccc4[C@@]4(C)C1[N+]342. The van der Waals surface area contributed by atoms with Crippen molar-refractivity contribution in [3.8, 4) is 0 Å². The van der Waals surface area contributed by atoms with E-state index in [4.69, 9.17) is 0 Å². The smallest absolute Gasteiger partial charge is 0.216 e. The molecule has 5 atom stereocenters. The standard InChI is InChI=1S/C22H22N2O/c1-14(25)23-13-12-22-18-11-7-6-10-17(18)20(2)15-8-4-5-9-16(15)21(3)19(22)24(20,21)22/h4-11,19H,12-13H2,1-3H3/p+1/t19?,20?,21-,22+,24?/m0/s1. The first kappa shape index (κ1) is 14.1. The van der Waals surface area contributed by atoms with E-state index in [-0.39, 0.29) is 22.5 Å². The average Bonchev–Trinajstić information content (AvgIpc) is 3.41. The second-order valence-corrected chi connectivity index (χ2v) is 8.59. The third kappa shape index (κ3) is 1.02. The molecule has 25 heavy (non-hydrogen) atoms. The summed E-state index contributed by atoms with van der Waals surface area (Å²) in [5.41, 5.74) is 6.60. The van der Waals surface area contributed by atoms with Crippen molar-refractivity contribution < 1.29 is 9.28 Å². The molecule has 6 rings (SSSR count). The highest BCUT2D eigenvalue weighted by Crippen LogP contribution is 2.97. The maximum Gasteiger partial charge on any atom is 0.216 e. The van der Waals surface area contributed by atoms with Gasteiger partial charge in [-0.05, 0) is 6.92 Å². The zero-order valence-corrected chi connectivity index (χ0v) is 15.0. The topological polar surface area (TPSA) is 29.1 Å². The minimum absolute atomic E-state index is 0.0584. The van der Waals surface area contributed by atoms with Gasteiger partial charge in [-0.1, -0.05) is 48.5 Å². The van der Waals surface area contributed by atoms with Gasteiger partial charge in [0.2, 0.25) is 11.9 Å². The van der Waals surface area contributed by atoms with Gasteiger partial charge in [0.25, 0.3) is 0 Å². The molecule has 2 saturated heterocycles. The zero-order chi connectivity index (χ0) is 17.2. The van der Waals surface area contributed by atoms with E-state index in [1.807, 2.05) is 0 Å². The monoisotopic (exact) mass is 331 g/mol. The Morgan fingerprint density at radius 3 is 2.20 bits per heavy atom. The number of hydrogen-bond acceptors (Lipinski definition) is 1. The lowest BCUT2D eigenvalue weighted by atomic mass is 9.73. The highest BCUT2D eigenvalue weighted by atomic mass is 16.1. The van der Waals surface area contributed by atoms with Crippen molar-refractivity contribution >= 4 is 5.91 Å². The van der Waals surface area contributed by atoms with Gasteiger partial charge in [-0.2, -0.15) is 0 Å². The van der Waals surface area contributed by atoms with E-state index in [0.717, 1.165) is 13.0 Å². The minimum Gasteiger partial charge on any atom is -0.356 e. The van der Waals surface area contributed by atoms with E-state index >= 15 is 0 Å². The summed E-state index contributed by atoms with van der Waals surface area (Å²) >= 11 is 0. The molecule has 3 heteroatoms. The molecular formula is C22H23N2O+. The number of hydrogen-bond donors (Lipinski definition) is 1. The Bertz CT molecular complexity index is 983. The third-order valence-corrected chi connectivity index (χ3v) is 8.10. The van der Waals surface area contributed by atoms with Gasteiger partial charge >= 0.3 is 0 Å². The summed E-state index contributed by atoms with van der Waals surface area (Å²) in [5, 5.41) is 3.04. The van der Waals surface area contributed by atoms with Gasteiger partial charge in [0.15, 0.2) is 16.6 Å². The van der Waals surface area contributed by atoms with Gasteiger partial charge in [-0.15, -0.1) is 0 Å². The zero-order valence-electron chi connectivity index (χ0n) is 15.0. The Labute approximate surface area is 148 Å². The van der Waals surface area contributed by atoms with Crippen LogP contribution >= 0.6 is 0 Å². The Morgan fingerprint density at radius 1 is 1.00 bits per heavy atom. The predicted molar refractivity (Wildman–Crippen MR) is 95.7 cm³/mol. The Hall–Kier alpha value is -2.13. The highest BCUT2D eigenvalue weighted by molar-refractivity contribution is 5.73. The summed E-state index contributed by atoms with van der Waals surface area (Å²) < 4.78 is 1.17. The number of nitrogens with zero attached hydrogens (tertiary/aromatic N) is 1. The highest BCUT2D eigenvalue weighted by Gasteiger charge is 3.14. The molecule has 1 amide bonds. The van der Waals surface area contributed by atoms with Crippen LogP contribution in [0.2, 0.25) is 0 Å². The second kappa shape index (κ2) is 3.68. The van der Waals surface area contributed by atoms with E-state index in [1.54, 1.807) is 12.5 Å². The molecule has 1 N–H and O–H groups in total. The Balaban J connectivity index is 1.57. The molecule has 0 radical (unpaired) electrons. The summed E-state index contributed by atoms with van der Waals surface area (Å²) in [6.45, 7) is 7.30. The van der Waals surface area contributed by atoms with Crippen LogP contribution in [0.15, 0.2) is 48.5 Å². The maximum atomic E-state index is 11.4. The first-order valence-corrected chi connectivity index (χ1v) is 9.32. The number of amides is 1. The van der Waals surface area contributed by atoms with E-state index in [0.29, 0.717) is 6.04 Å². The number of fused-ring (bicyclic) bond motifs is 8. The molecule has 0 aliphatic carbocycles. The molecule has 2 aromatic rings. The summed E-state index contributed by atoms with van der Waals surface area (Å²) in [7, 11) is 0. The average molecular weight is 331 g/mol. The molecule has 3 nitrogen and oxygen atoms in total. The van der Waals surface area contributed by atoms with Crippen molar-refractivity contribution in [3.63, 3.8) is 0 Å². The Kier molecular flexibility index (Phi) is 2.07. The van der Waals surface area contributed by atoms with Gasteiger partial charge in [0.05, 0.1) is 0 Å². The van der Waals surface area contributed by atoms with Crippen molar-refractivity contribution in [2.24, 2.45) is 0 Å². The predicted octanol–water partition coefficient (Wildman–Crippen LogP) is 3.13. The molecule has 4 heterocycles. The number of carbonyl (C=O) groups is 1. The van der Waals surface area contributed by atoms with E-state index in [9.17, 15) is 4.79 Å². The van der Waals surface area contributed by atoms with Crippen LogP contribution in [0.25, 0.3) is 0 Å². The quantitative estimate of drug-likeness (QED) is 0.679. The van der Waals surface area contributed by atoms with Gasteiger partial charge in [-0.25, -0.2) is 0 Å². The fourth-order valence-corrected chi connectivity index (χ4v) is 7.66. The van der Waals surface area contributed by atoms with Gasteiger partial charge < -0.3 is 5.32 Å². The molecular weight excluding hydrogens is 308 g/mol. The maximum absolute atomic E-state index is 11.4. The van der Waals surface area contributed by atoms with E-state index in [1.165, 1.54) is 21.2 Å². The van der Waals surface area contributed by atoms with Crippen LogP contribution in [0.5, 0.6) is 0 Å². The lowest BCUT2D eigenvalue weighted by Gasteiger charge is -2.30.